The Morgan fingerprint density at radius 1 is 1.57 bits per heavy atom. The van der Waals surface area contributed by atoms with E-state index >= 15 is 0 Å². The molecule has 0 radical (unpaired) electrons. The normalized spacial score (nSPS) is 10.4. The summed E-state index contributed by atoms with van der Waals surface area (Å²) in [6.07, 6.45) is 1.56. The van der Waals surface area contributed by atoms with Gasteiger partial charge < -0.3 is 0 Å². The molecule has 0 aliphatic carbocycles. The van der Waals surface area contributed by atoms with Crippen LogP contribution in [0.5, 0.6) is 0 Å². The minimum Gasteiger partial charge on any atom is -0.244 e. The van der Waals surface area contributed by atoms with Crippen LogP contribution in [0.4, 0.5) is 0 Å². The zero-order valence-electron chi connectivity index (χ0n) is 7.23. The highest BCUT2D eigenvalue weighted by molar-refractivity contribution is 6.31. The molecule has 2 rings (SSSR count). The third kappa shape index (κ3) is 1.29. The van der Waals surface area contributed by atoms with Crippen molar-refractivity contribution in [2.24, 2.45) is 0 Å². The number of hydrogen-bond acceptors (Lipinski definition) is 4. The topological polar surface area (TPSA) is 76.5 Å². The van der Waals surface area contributed by atoms with Gasteiger partial charge in [0.1, 0.15) is 5.69 Å². The second-order valence-electron chi connectivity index (χ2n) is 2.69. The monoisotopic (exact) mass is 211 g/mol. The first-order chi connectivity index (χ1) is 6.70. The van der Waals surface area contributed by atoms with Gasteiger partial charge in [-0.25, -0.2) is 14.9 Å². The largest absolute Gasteiger partial charge is 0.365 e. The summed E-state index contributed by atoms with van der Waals surface area (Å²) >= 11 is 5.84. The van der Waals surface area contributed by atoms with Crippen molar-refractivity contribution in [1.29, 1.82) is 0 Å². The molecular formula is C7H6ClN5O. The van der Waals surface area contributed by atoms with Crippen molar-refractivity contribution >= 4 is 11.6 Å². The van der Waals surface area contributed by atoms with Crippen molar-refractivity contribution in [3.05, 3.63) is 33.5 Å². The summed E-state index contributed by atoms with van der Waals surface area (Å²) in [7, 11) is 0. The highest BCUT2D eigenvalue weighted by Gasteiger charge is 2.10. The molecule has 0 aromatic carbocycles. The summed E-state index contributed by atoms with van der Waals surface area (Å²) in [5.41, 5.74) is 0.817. The van der Waals surface area contributed by atoms with Gasteiger partial charge in [-0.05, 0) is 29.0 Å². The van der Waals surface area contributed by atoms with E-state index in [1.807, 2.05) is 6.92 Å². The molecule has 7 heteroatoms. The summed E-state index contributed by atoms with van der Waals surface area (Å²) in [4.78, 5) is 15.1. The molecule has 72 valence electrons. The summed E-state index contributed by atoms with van der Waals surface area (Å²) in [6.45, 7) is 1.81. The number of aromatic amines is 1. The number of nitrogens with one attached hydrogen (secondary N) is 1. The number of rotatable bonds is 1. The molecule has 0 saturated carbocycles. The fourth-order valence-electron chi connectivity index (χ4n) is 1.12. The molecule has 0 fully saturated rings. The van der Waals surface area contributed by atoms with Crippen molar-refractivity contribution in [1.82, 2.24) is 25.2 Å². The van der Waals surface area contributed by atoms with E-state index in [1.165, 1.54) is 0 Å². The van der Waals surface area contributed by atoms with E-state index < -0.39 is 5.69 Å². The number of hydrogen-bond donors (Lipinski definition) is 1. The summed E-state index contributed by atoms with van der Waals surface area (Å²) in [5.74, 6) is 0. The summed E-state index contributed by atoms with van der Waals surface area (Å²) < 4.78 is 1.07. The van der Waals surface area contributed by atoms with Crippen LogP contribution >= 0.6 is 11.6 Å². The molecule has 0 spiro atoms. The number of halogens is 1. The van der Waals surface area contributed by atoms with Gasteiger partial charge in [-0.2, -0.15) is 4.68 Å². The second-order valence-corrected chi connectivity index (χ2v) is 3.04. The Bertz CT molecular complexity index is 497. The van der Waals surface area contributed by atoms with E-state index in [0.29, 0.717) is 5.69 Å². The Labute approximate surface area is 83.5 Å². The fraction of sp³-hybridized carbons (Fsp3) is 0.143. The van der Waals surface area contributed by atoms with Gasteiger partial charge in [0.15, 0.2) is 5.15 Å². The standard InChI is InChI=1S/C7H6ClN5O/c1-4-2-3-9-6(8)5(4)13-7(14)10-11-12-13/h2-3H,1H3,(H,10,12,14). The van der Waals surface area contributed by atoms with E-state index in [4.69, 9.17) is 11.6 Å². The predicted octanol–water partition coefficient (Wildman–Crippen LogP) is 0.312. The average Bonchev–Trinajstić information content (AvgIpc) is 2.52. The lowest BCUT2D eigenvalue weighted by atomic mass is 10.2. The average molecular weight is 212 g/mol. The van der Waals surface area contributed by atoms with Crippen LogP contribution in [0.2, 0.25) is 5.15 Å². The molecule has 2 heterocycles. The molecule has 0 saturated heterocycles. The van der Waals surface area contributed by atoms with Crippen molar-refractivity contribution in [3.63, 3.8) is 0 Å². The number of aromatic nitrogens is 5. The van der Waals surface area contributed by atoms with Crippen molar-refractivity contribution in [2.75, 3.05) is 0 Å². The third-order valence-corrected chi connectivity index (χ3v) is 2.04. The van der Waals surface area contributed by atoms with Crippen molar-refractivity contribution < 1.29 is 0 Å². The molecule has 0 bridgehead atoms. The van der Waals surface area contributed by atoms with Gasteiger partial charge in [-0.1, -0.05) is 11.6 Å². The van der Waals surface area contributed by atoms with Gasteiger partial charge in [-0.15, -0.1) is 0 Å². The van der Waals surface area contributed by atoms with E-state index in [2.05, 4.69) is 20.5 Å². The van der Waals surface area contributed by atoms with Crippen LogP contribution in [-0.2, 0) is 0 Å². The van der Waals surface area contributed by atoms with Gasteiger partial charge in [0.25, 0.3) is 0 Å². The maximum Gasteiger partial charge on any atom is 0.365 e. The first-order valence-electron chi connectivity index (χ1n) is 3.82. The second kappa shape index (κ2) is 3.22. The van der Waals surface area contributed by atoms with Crippen molar-refractivity contribution in [2.45, 2.75) is 6.92 Å². The van der Waals surface area contributed by atoms with E-state index in [-0.39, 0.29) is 5.15 Å². The van der Waals surface area contributed by atoms with Gasteiger partial charge in [0.05, 0.1) is 0 Å². The summed E-state index contributed by atoms with van der Waals surface area (Å²) in [6, 6.07) is 1.74. The predicted molar refractivity (Wildman–Crippen MR) is 49.5 cm³/mol. The highest BCUT2D eigenvalue weighted by Crippen LogP contribution is 2.18. The Morgan fingerprint density at radius 3 is 2.93 bits per heavy atom. The van der Waals surface area contributed by atoms with Crippen LogP contribution in [-0.4, -0.2) is 25.2 Å². The van der Waals surface area contributed by atoms with Crippen LogP contribution < -0.4 is 5.69 Å². The first-order valence-corrected chi connectivity index (χ1v) is 4.20. The molecule has 0 aliphatic heterocycles. The van der Waals surface area contributed by atoms with Gasteiger partial charge >= 0.3 is 5.69 Å². The number of aryl methyl sites for hydroxylation is 1. The molecule has 0 aliphatic rings. The van der Waals surface area contributed by atoms with Crippen LogP contribution in [0.25, 0.3) is 5.69 Å². The molecule has 6 nitrogen and oxygen atoms in total. The zero-order valence-corrected chi connectivity index (χ0v) is 7.99. The van der Waals surface area contributed by atoms with E-state index in [1.54, 1.807) is 12.3 Å². The minimum atomic E-state index is -0.442. The highest BCUT2D eigenvalue weighted by atomic mass is 35.5. The van der Waals surface area contributed by atoms with Gasteiger partial charge in [0.2, 0.25) is 0 Å². The number of tetrazole rings is 1. The quantitative estimate of drug-likeness (QED) is 0.689. The first kappa shape index (κ1) is 8.89. The maximum absolute atomic E-state index is 11.2. The lowest BCUT2D eigenvalue weighted by Gasteiger charge is -2.03. The summed E-state index contributed by atoms with van der Waals surface area (Å²) in [5, 5.41) is 9.36. The SMILES string of the molecule is Cc1ccnc(Cl)c1-n1nn[nH]c1=O. The Kier molecular flexibility index (Phi) is 2.05. The van der Waals surface area contributed by atoms with Gasteiger partial charge in [-0.3, -0.25) is 0 Å². The molecule has 14 heavy (non-hydrogen) atoms. The third-order valence-electron chi connectivity index (χ3n) is 1.77. The number of pyridine rings is 1. The molecule has 2 aromatic heterocycles. The van der Waals surface area contributed by atoms with Crippen molar-refractivity contribution in [3.8, 4) is 5.69 Å². The molecule has 0 atom stereocenters. The Hall–Kier alpha value is -1.69. The molecule has 0 amide bonds. The smallest absolute Gasteiger partial charge is 0.244 e. The van der Waals surface area contributed by atoms with Crippen LogP contribution in [0.3, 0.4) is 0 Å². The maximum atomic E-state index is 11.2. The van der Waals surface area contributed by atoms with Crippen LogP contribution in [0, 0.1) is 6.92 Å². The van der Waals surface area contributed by atoms with E-state index in [0.717, 1.165) is 10.2 Å². The lowest BCUT2D eigenvalue weighted by Crippen LogP contribution is -2.17. The lowest BCUT2D eigenvalue weighted by molar-refractivity contribution is 0.772. The number of H-pyrrole nitrogens is 1. The minimum absolute atomic E-state index is 0.223. The van der Waals surface area contributed by atoms with E-state index in [9.17, 15) is 4.79 Å². The van der Waals surface area contributed by atoms with Gasteiger partial charge in [0, 0.05) is 6.20 Å². The zero-order chi connectivity index (χ0) is 10.1. The molecule has 1 N–H and O–H groups in total. The molecule has 0 unspecified atom stereocenters. The van der Waals surface area contributed by atoms with Crippen LogP contribution in [0.15, 0.2) is 17.1 Å². The number of nitrogens with zero attached hydrogens (tertiary/aromatic N) is 4. The Balaban J connectivity index is 2.74. The fourth-order valence-corrected chi connectivity index (χ4v) is 1.40. The Morgan fingerprint density at radius 2 is 2.36 bits per heavy atom. The van der Waals surface area contributed by atoms with Crippen LogP contribution in [0.1, 0.15) is 5.56 Å². The molecular weight excluding hydrogens is 206 g/mol. The molecule has 2 aromatic rings.